The van der Waals surface area contributed by atoms with E-state index in [1.54, 1.807) is 6.08 Å². The number of hydrogen-bond acceptors (Lipinski definition) is 3. The monoisotopic (exact) mass is 255 g/mol. The van der Waals surface area contributed by atoms with Gasteiger partial charge in [0, 0.05) is 18.6 Å². The van der Waals surface area contributed by atoms with E-state index in [1.807, 2.05) is 19.9 Å². The number of rotatable bonds is 5. The van der Waals surface area contributed by atoms with Crippen molar-refractivity contribution >= 4 is 11.9 Å². The molecule has 0 saturated carbocycles. The minimum atomic E-state index is -0.930. The van der Waals surface area contributed by atoms with Crippen molar-refractivity contribution in [2.45, 2.75) is 26.7 Å². The van der Waals surface area contributed by atoms with Gasteiger partial charge >= 0.3 is 5.97 Å². The first kappa shape index (κ1) is 14.7. The van der Waals surface area contributed by atoms with E-state index in [4.69, 9.17) is 10.2 Å². The number of hydrogen-bond donors (Lipinski definition) is 3. The number of carbonyl (C=O) groups excluding carboxylic acids is 1. The van der Waals surface area contributed by atoms with Crippen molar-refractivity contribution in [2.24, 2.45) is 17.3 Å². The van der Waals surface area contributed by atoms with Crippen LogP contribution in [0.25, 0.3) is 0 Å². The Kier molecular flexibility index (Phi) is 4.90. The van der Waals surface area contributed by atoms with Crippen LogP contribution in [0.15, 0.2) is 12.2 Å². The topological polar surface area (TPSA) is 86.6 Å². The zero-order valence-electron chi connectivity index (χ0n) is 10.8. The van der Waals surface area contributed by atoms with Crippen LogP contribution >= 0.6 is 0 Å². The van der Waals surface area contributed by atoms with Crippen molar-refractivity contribution < 1.29 is 19.8 Å². The highest BCUT2D eigenvalue weighted by molar-refractivity contribution is 5.85. The summed E-state index contributed by atoms with van der Waals surface area (Å²) in [6.45, 7) is 3.99. The van der Waals surface area contributed by atoms with Gasteiger partial charge in [-0.2, -0.15) is 0 Å². The SMILES string of the molecule is CC(C)(CO)CNC(=O)[C@@H]1CC=CC[C@@H]1C(=O)O. The fourth-order valence-electron chi connectivity index (χ4n) is 1.89. The molecule has 0 radical (unpaired) electrons. The van der Waals surface area contributed by atoms with Crippen LogP contribution in [0.4, 0.5) is 0 Å². The molecule has 0 bridgehead atoms. The van der Waals surface area contributed by atoms with Crippen LogP contribution in [0.1, 0.15) is 26.7 Å². The van der Waals surface area contributed by atoms with Gasteiger partial charge in [-0.3, -0.25) is 9.59 Å². The lowest BCUT2D eigenvalue weighted by Crippen LogP contribution is -2.43. The molecular weight excluding hydrogens is 234 g/mol. The molecule has 3 N–H and O–H groups in total. The second kappa shape index (κ2) is 6.00. The number of aliphatic hydroxyl groups is 1. The average molecular weight is 255 g/mol. The van der Waals surface area contributed by atoms with Crippen LogP contribution in [0.3, 0.4) is 0 Å². The molecule has 2 atom stereocenters. The Balaban J connectivity index is 2.60. The van der Waals surface area contributed by atoms with E-state index in [-0.39, 0.29) is 17.9 Å². The second-order valence-electron chi connectivity index (χ2n) is 5.53. The highest BCUT2D eigenvalue weighted by Crippen LogP contribution is 2.26. The van der Waals surface area contributed by atoms with E-state index in [9.17, 15) is 9.59 Å². The van der Waals surface area contributed by atoms with Crippen LogP contribution in [0, 0.1) is 17.3 Å². The Morgan fingerprint density at radius 2 is 1.83 bits per heavy atom. The molecule has 1 aliphatic rings. The number of nitrogens with one attached hydrogen (secondary N) is 1. The van der Waals surface area contributed by atoms with Gasteiger partial charge in [0.1, 0.15) is 0 Å². The Hall–Kier alpha value is -1.36. The maximum atomic E-state index is 12.0. The van der Waals surface area contributed by atoms with Gasteiger partial charge < -0.3 is 15.5 Å². The predicted molar refractivity (Wildman–Crippen MR) is 66.9 cm³/mol. The van der Waals surface area contributed by atoms with Gasteiger partial charge in [0.05, 0.1) is 11.8 Å². The molecule has 102 valence electrons. The molecule has 1 aliphatic carbocycles. The van der Waals surface area contributed by atoms with Gasteiger partial charge in [0.2, 0.25) is 5.91 Å². The van der Waals surface area contributed by atoms with E-state index >= 15 is 0 Å². The number of carboxylic acids is 1. The van der Waals surface area contributed by atoms with Crippen molar-refractivity contribution in [2.75, 3.05) is 13.2 Å². The van der Waals surface area contributed by atoms with E-state index in [0.29, 0.717) is 19.4 Å². The van der Waals surface area contributed by atoms with Crippen molar-refractivity contribution in [3.05, 3.63) is 12.2 Å². The van der Waals surface area contributed by atoms with E-state index in [1.165, 1.54) is 0 Å². The molecular formula is C13H21NO4. The largest absolute Gasteiger partial charge is 0.481 e. The summed E-state index contributed by atoms with van der Waals surface area (Å²) < 4.78 is 0. The predicted octanol–water partition coefficient (Wildman–Crippen LogP) is 0.788. The summed E-state index contributed by atoms with van der Waals surface area (Å²) in [6, 6.07) is 0. The maximum absolute atomic E-state index is 12.0. The molecule has 1 rings (SSSR count). The van der Waals surface area contributed by atoms with Crippen molar-refractivity contribution in [1.29, 1.82) is 0 Å². The lowest BCUT2D eigenvalue weighted by Gasteiger charge is -2.27. The van der Waals surface area contributed by atoms with Gasteiger partial charge in [-0.05, 0) is 12.8 Å². The molecule has 0 aromatic heterocycles. The van der Waals surface area contributed by atoms with Crippen molar-refractivity contribution in [3.63, 3.8) is 0 Å². The number of amides is 1. The molecule has 18 heavy (non-hydrogen) atoms. The molecule has 5 heteroatoms. The number of carbonyl (C=O) groups is 2. The third-order valence-corrected chi connectivity index (χ3v) is 3.26. The lowest BCUT2D eigenvalue weighted by molar-refractivity contribution is -0.147. The molecule has 0 spiro atoms. The molecule has 0 aromatic rings. The summed E-state index contributed by atoms with van der Waals surface area (Å²) in [4.78, 5) is 23.1. The molecule has 1 amide bonds. The molecule has 0 fully saturated rings. The fourth-order valence-corrected chi connectivity index (χ4v) is 1.89. The van der Waals surface area contributed by atoms with Crippen LogP contribution < -0.4 is 5.32 Å². The second-order valence-corrected chi connectivity index (χ2v) is 5.53. The van der Waals surface area contributed by atoms with E-state index in [0.717, 1.165) is 0 Å². The van der Waals surface area contributed by atoms with Crippen LogP contribution in [-0.4, -0.2) is 35.2 Å². The minimum Gasteiger partial charge on any atom is -0.481 e. The lowest BCUT2D eigenvalue weighted by atomic mass is 9.82. The molecule has 5 nitrogen and oxygen atoms in total. The van der Waals surface area contributed by atoms with E-state index < -0.39 is 17.8 Å². The molecule has 0 aliphatic heterocycles. The number of aliphatic carboxylic acids is 1. The number of allylic oxidation sites excluding steroid dienone is 2. The zero-order valence-corrected chi connectivity index (χ0v) is 10.8. The van der Waals surface area contributed by atoms with Crippen LogP contribution in [-0.2, 0) is 9.59 Å². The summed E-state index contributed by atoms with van der Waals surface area (Å²) >= 11 is 0. The third kappa shape index (κ3) is 3.84. The fraction of sp³-hybridized carbons (Fsp3) is 0.692. The summed E-state index contributed by atoms with van der Waals surface area (Å²) in [5.74, 6) is -2.33. The minimum absolute atomic E-state index is 0.0276. The Morgan fingerprint density at radius 1 is 1.28 bits per heavy atom. The average Bonchev–Trinajstić information content (AvgIpc) is 2.36. The molecule has 0 heterocycles. The Labute approximate surface area is 107 Å². The van der Waals surface area contributed by atoms with Gasteiger partial charge in [0.25, 0.3) is 0 Å². The highest BCUT2D eigenvalue weighted by Gasteiger charge is 2.34. The summed E-state index contributed by atoms with van der Waals surface area (Å²) in [5, 5.41) is 20.9. The first-order valence-corrected chi connectivity index (χ1v) is 6.14. The standard InChI is InChI=1S/C13H21NO4/c1-13(2,8-15)7-14-11(16)9-5-3-4-6-10(9)12(17)18/h3-4,9-10,15H,5-8H2,1-2H3,(H,14,16)(H,17,18)/t9-,10+/m1/s1. The first-order valence-electron chi connectivity index (χ1n) is 6.14. The maximum Gasteiger partial charge on any atom is 0.307 e. The number of carboxylic acid groups (broad SMARTS) is 1. The van der Waals surface area contributed by atoms with Crippen LogP contribution in [0.5, 0.6) is 0 Å². The third-order valence-electron chi connectivity index (χ3n) is 3.26. The Bertz CT molecular complexity index is 349. The van der Waals surface area contributed by atoms with Gasteiger partial charge in [-0.25, -0.2) is 0 Å². The number of aliphatic hydroxyl groups excluding tert-OH is 1. The van der Waals surface area contributed by atoms with Crippen molar-refractivity contribution in [1.82, 2.24) is 5.32 Å². The van der Waals surface area contributed by atoms with E-state index in [2.05, 4.69) is 5.32 Å². The quantitative estimate of drug-likeness (QED) is 0.634. The molecule has 0 unspecified atom stereocenters. The van der Waals surface area contributed by atoms with Crippen LogP contribution in [0.2, 0.25) is 0 Å². The summed E-state index contributed by atoms with van der Waals surface area (Å²) in [5.41, 5.74) is -0.390. The first-order chi connectivity index (χ1) is 8.37. The smallest absolute Gasteiger partial charge is 0.307 e. The molecule has 0 aromatic carbocycles. The Morgan fingerprint density at radius 3 is 2.33 bits per heavy atom. The van der Waals surface area contributed by atoms with Gasteiger partial charge in [-0.1, -0.05) is 26.0 Å². The zero-order chi connectivity index (χ0) is 13.8. The normalized spacial score (nSPS) is 23.7. The van der Waals surface area contributed by atoms with Gasteiger partial charge in [-0.15, -0.1) is 0 Å². The summed E-state index contributed by atoms with van der Waals surface area (Å²) in [6.07, 6.45) is 4.51. The molecule has 0 saturated heterocycles. The van der Waals surface area contributed by atoms with Gasteiger partial charge in [0.15, 0.2) is 0 Å². The van der Waals surface area contributed by atoms with Crippen molar-refractivity contribution in [3.8, 4) is 0 Å². The summed E-state index contributed by atoms with van der Waals surface area (Å²) in [7, 11) is 0. The highest BCUT2D eigenvalue weighted by atomic mass is 16.4.